The average molecular weight is 727 g/mol. The predicted octanol–water partition coefficient (Wildman–Crippen LogP) is 4.15. The van der Waals surface area contributed by atoms with E-state index in [0.29, 0.717) is 26.2 Å². The molecule has 0 saturated carbocycles. The van der Waals surface area contributed by atoms with Gasteiger partial charge in [0, 0.05) is 95.1 Å². The molecule has 0 fully saturated rings. The van der Waals surface area contributed by atoms with Crippen molar-refractivity contribution in [2.75, 3.05) is 82.5 Å². The first kappa shape index (κ1) is 40.5. The Bertz CT molecular complexity index is 1690. The molecule has 0 spiro atoms. The largest absolute Gasteiger partial charge is 0.395 e. The average Bonchev–Trinajstić information content (AvgIpc) is 3.18. The minimum Gasteiger partial charge on any atom is -0.395 e. The van der Waals surface area contributed by atoms with Gasteiger partial charge in [-0.3, -0.25) is 0 Å². The van der Waals surface area contributed by atoms with Gasteiger partial charge in [0.1, 0.15) is 17.9 Å². The molecule has 0 saturated heterocycles. The van der Waals surface area contributed by atoms with Gasteiger partial charge < -0.3 is 40.4 Å². The molecule has 2 aromatic heterocycles. The van der Waals surface area contributed by atoms with Crippen LogP contribution in [0, 0.1) is 0 Å². The first-order valence-corrected chi connectivity index (χ1v) is 18.1. The Balaban J connectivity index is 1.15. The Morgan fingerprint density at radius 3 is 1.79 bits per heavy atom. The summed E-state index contributed by atoms with van der Waals surface area (Å²) in [7, 11) is 2.06. The summed E-state index contributed by atoms with van der Waals surface area (Å²) in [5, 5.41) is 58.2. The maximum atomic E-state index is 9.30. The first-order valence-electron chi connectivity index (χ1n) is 18.1. The summed E-state index contributed by atoms with van der Waals surface area (Å²) in [5.41, 5.74) is 4.06. The highest BCUT2D eigenvalue weighted by Crippen LogP contribution is 2.23. The van der Waals surface area contributed by atoms with Crippen LogP contribution in [0.5, 0.6) is 0 Å². The van der Waals surface area contributed by atoms with E-state index in [1.165, 1.54) is 0 Å². The molecule has 5 N–H and O–H groups in total. The van der Waals surface area contributed by atoms with E-state index in [0.717, 1.165) is 73.3 Å². The quantitative estimate of drug-likeness (QED) is 0.0409. The van der Waals surface area contributed by atoms with Crippen molar-refractivity contribution in [1.82, 2.24) is 10.2 Å². The topological polar surface area (TPSA) is 160 Å². The summed E-state index contributed by atoms with van der Waals surface area (Å²) in [6.07, 6.45) is 11.9. The first-order chi connectivity index (χ1) is 26.0. The molecule has 4 rings (SSSR count). The zero-order valence-corrected chi connectivity index (χ0v) is 30.6. The summed E-state index contributed by atoms with van der Waals surface area (Å²) in [5.74, 6) is 0.776. The highest BCUT2D eigenvalue weighted by atomic mass is 16.3. The number of rotatable bonds is 24. The number of aliphatic hydroxyl groups excluding tert-OH is 4. The molecule has 282 valence electrons. The van der Waals surface area contributed by atoms with Gasteiger partial charge in [-0.1, -0.05) is 6.07 Å². The van der Waals surface area contributed by atoms with Crippen LogP contribution in [0.4, 0.5) is 34.3 Å². The lowest BCUT2D eigenvalue weighted by molar-refractivity contribution is -0.696. The fourth-order valence-corrected chi connectivity index (χ4v) is 5.55. The molecule has 0 aliphatic heterocycles. The number of aromatic nitrogens is 2. The minimum atomic E-state index is 0.0194. The van der Waals surface area contributed by atoms with Gasteiger partial charge >= 0.3 is 5.82 Å². The number of hydrogen-bond donors (Lipinski definition) is 5. The Morgan fingerprint density at radius 1 is 0.604 bits per heavy atom. The van der Waals surface area contributed by atoms with Gasteiger partial charge in [0.05, 0.1) is 50.0 Å². The fraction of sp³-hybridized carbons (Fsp3) is 0.385. The van der Waals surface area contributed by atoms with E-state index in [4.69, 9.17) is 0 Å². The van der Waals surface area contributed by atoms with Crippen molar-refractivity contribution >= 4 is 34.3 Å². The van der Waals surface area contributed by atoms with Crippen LogP contribution in [-0.2, 0) is 13.1 Å². The standard InChI is InChI=1S/C39H54N10O4/c1-45(19-6-23-49-22-3-2-8-39(49)44-42-35-11-15-38(16-12-35)48(27-31-52)28-32-53)24-18-40-17-5-21-46-20-4-7-36(33-46)43-41-34-9-13-37(14-10-34)47(25-29-50)26-30-51/h2-4,7-16,18,20,22,24,33,40,50-53H,5-6,17,19,21,23,25-32H2,1H3/q+2/b24-18-,43-41?. The van der Waals surface area contributed by atoms with Crippen LogP contribution >= 0.6 is 0 Å². The van der Waals surface area contributed by atoms with Crippen LogP contribution in [-0.4, -0.2) is 98.1 Å². The van der Waals surface area contributed by atoms with E-state index < -0.39 is 0 Å². The molecule has 2 heterocycles. The zero-order valence-electron chi connectivity index (χ0n) is 30.6. The van der Waals surface area contributed by atoms with Gasteiger partial charge in [-0.2, -0.15) is 5.11 Å². The number of anilines is 2. The van der Waals surface area contributed by atoms with Gasteiger partial charge in [-0.05, 0) is 65.8 Å². The lowest BCUT2D eigenvalue weighted by Gasteiger charge is -2.22. The monoisotopic (exact) mass is 726 g/mol. The van der Waals surface area contributed by atoms with Gasteiger partial charge in [0.25, 0.3) is 0 Å². The van der Waals surface area contributed by atoms with E-state index in [9.17, 15) is 20.4 Å². The maximum absolute atomic E-state index is 9.30. The molecule has 2 aromatic carbocycles. The third-order valence-electron chi connectivity index (χ3n) is 8.31. The molecule has 0 aliphatic carbocycles. The number of nitrogens with one attached hydrogen (secondary N) is 1. The third-order valence-corrected chi connectivity index (χ3v) is 8.31. The molecule has 0 amide bonds. The summed E-state index contributed by atoms with van der Waals surface area (Å²) in [4.78, 5) is 6.00. The molecule has 14 nitrogen and oxygen atoms in total. The van der Waals surface area contributed by atoms with E-state index >= 15 is 0 Å². The van der Waals surface area contributed by atoms with Crippen molar-refractivity contribution in [3.05, 3.63) is 110 Å². The molecule has 4 aromatic rings. The highest BCUT2D eigenvalue weighted by molar-refractivity contribution is 5.53. The Labute approximate surface area is 312 Å². The molecular formula is C39H54N10O4+2. The number of hydrogen-bond acceptors (Lipinski definition) is 12. The Morgan fingerprint density at radius 2 is 1.19 bits per heavy atom. The van der Waals surface area contributed by atoms with Crippen molar-refractivity contribution in [1.29, 1.82) is 0 Å². The number of azo groups is 2. The molecule has 0 aliphatic rings. The summed E-state index contributed by atoms with van der Waals surface area (Å²) < 4.78 is 4.20. The second kappa shape index (κ2) is 23.3. The summed E-state index contributed by atoms with van der Waals surface area (Å²) in [6, 6.07) is 25.0. The van der Waals surface area contributed by atoms with Gasteiger partial charge in [-0.15, -0.1) is 5.11 Å². The van der Waals surface area contributed by atoms with Crippen molar-refractivity contribution in [3.63, 3.8) is 0 Å². The van der Waals surface area contributed by atoms with E-state index in [-0.39, 0.29) is 26.4 Å². The SMILES string of the molecule is CN(/C=C\NCCC[n+]1cccc(N=Nc2ccc(N(CCO)CCO)cc2)c1)CCC[n+]1ccccc1N=Nc1ccc(N(CCO)CCO)cc1. The van der Waals surface area contributed by atoms with Gasteiger partial charge in [0.2, 0.25) is 0 Å². The Hall–Kier alpha value is -5.28. The fourth-order valence-electron chi connectivity index (χ4n) is 5.55. The highest BCUT2D eigenvalue weighted by Gasteiger charge is 2.11. The molecule has 0 atom stereocenters. The van der Waals surface area contributed by atoms with E-state index in [1.807, 2.05) is 113 Å². The van der Waals surface area contributed by atoms with E-state index in [1.54, 1.807) is 0 Å². The van der Waals surface area contributed by atoms with Crippen LogP contribution < -0.4 is 24.3 Å². The van der Waals surface area contributed by atoms with Crippen LogP contribution in [0.1, 0.15) is 12.8 Å². The molecule has 0 unspecified atom stereocenters. The second-order valence-electron chi connectivity index (χ2n) is 12.3. The predicted molar refractivity (Wildman–Crippen MR) is 206 cm³/mol. The normalized spacial score (nSPS) is 11.6. The van der Waals surface area contributed by atoms with Gasteiger partial charge in [-0.25, -0.2) is 9.13 Å². The number of nitrogens with zero attached hydrogens (tertiary/aromatic N) is 9. The second-order valence-corrected chi connectivity index (χ2v) is 12.3. The molecular weight excluding hydrogens is 672 g/mol. The lowest BCUT2D eigenvalue weighted by atomic mass is 10.2. The number of aryl methyl sites for hydroxylation is 2. The minimum absolute atomic E-state index is 0.0194. The van der Waals surface area contributed by atoms with Crippen molar-refractivity contribution < 1.29 is 29.6 Å². The van der Waals surface area contributed by atoms with Crippen LogP contribution in [0.15, 0.2) is 130 Å². The molecule has 0 radical (unpaired) electrons. The molecule has 0 bridgehead atoms. The van der Waals surface area contributed by atoms with Crippen molar-refractivity contribution in [3.8, 4) is 0 Å². The van der Waals surface area contributed by atoms with Gasteiger partial charge in [0.15, 0.2) is 12.4 Å². The number of aliphatic hydroxyl groups is 4. The third kappa shape index (κ3) is 14.3. The Kier molecular flexibility index (Phi) is 17.8. The summed E-state index contributed by atoms with van der Waals surface area (Å²) in [6.45, 7) is 5.26. The zero-order chi connectivity index (χ0) is 37.5. The lowest BCUT2D eigenvalue weighted by Crippen LogP contribution is -2.34. The molecule has 14 heteroatoms. The van der Waals surface area contributed by atoms with Crippen LogP contribution in [0.25, 0.3) is 0 Å². The van der Waals surface area contributed by atoms with Crippen LogP contribution in [0.2, 0.25) is 0 Å². The number of pyridine rings is 2. The van der Waals surface area contributed by atoms with Crippen LogP contribution in [0.3, 0.4) is 0 Å². The van der Waals surface area contributed by atoms with E-state index in [2.05, 4.69) is 53.1 Å². The number of benzene rings is 2. The smallest absolute Gasteiger partial charge is 0.350 e. The summed E-state index contributed by atoms with van der Waals surface area (Å²) >= 11 is 0. The maximum Gasteiger partial charge on any atom is 0.350 e. The van der Waals surface area contributed by atoms with Crippen molar-refractivity contribution in [2.24, 2.45) is 20.5 Å². The van der Waals surface area contributed by atoms with Crippen molar-refractivity contribution in [2.45, 2.75) is 25.9 Å². The molecule has 53 heavy (non-hydrogen) atoms.